The molecule has 41 heavy (non-hydrogen) atoms. The molecule has 0 radical (unpaired) electrons. The second kappa shape index (κ2) is 9.18. The van der Waals surface area contributed by atoms with Gasteiger partial charge >= 0.3 is 0 Å². The minimum atomic E-state index is -1.14. The zero-order chi connectivity index (χ0) is 28.5. The zero-order valence-corrected chi connectivity index (χ0v) is 23.1. The van der Waals surface area contributed by atoms with Crippen molar-refractivity contribution in [1.82, 2.24) is 0 Å². The number of carbonyl (C=O) groups excluding carboxylic acids is 2. The number of para-hydroxylation sites is 2. The first-order valence-corrected chi connectivity index (χ1v) is 14.1. The van der Waals surface area contributed by atoms with Crippen LogP contribution in [0.15, 0.2) is 103 Å². The van der Waals surface area contributed by atoms with Crippen LogP contribution in [0, 0.1) is 11.6 Å². The Balaban J connectivity index is 1.29. The number of rotatable bonds is 4. The molecule has 3 nitrogen and oxygen atoms in total. The topological polar surface area (TPSA) is 37.4 Å². The Kier molecular flexibility index (Phi) is 5.66. The molecule has 0 N–H and O–H groups in total. The van der Waals surface area contributed by atoms with Crippen LogP contribution in [0.25, 0.3) is 16.5 Å². The third-order valence-electron chi connectivity index (χ3n) is 7.96. The molecule has 5 aromatic rings. The van der Waals surface area contributed by atoms with E-state index < -0.39 is 23.2 Å². The Labute approximate surface area is 240 Å². The predicted molar refractivity (Wildman–Crippen MR) is 160 cm³/mol. The summed E-state index contributed by atoms with van der Waals surface area (Å²) >= 11 is 1.51. The van der Waals surface area contributed by atoms with Crippen molar-refractivity contribution in [3.05, 3.63) is 141 Å². The summed E-state index contributed by atoms with van der Waals surface area (Å²) in [6.07, 6.45) is 1.56. The van der Waals surface area contributed by atoms with Gasteiger partial charge in [0.15, 0.2) is 23.2 Å². The number of nitrogens with zero attached hydrogens (tertiary/aromatic N) is 1. The van der Waals surface area contributed by atoms with Gasteiger partial charge in [0, 0.05) is 43.4 Å². The van der Waals surface area contributed by atoms with E-state index in [0.29, 0.717) is 0 Å². The Morgan fingerprint density at radius 2 is 1.22 bits per heavy atom. The highest BCUT2D eigenvalue weighted by molar-refractivity contribution is 7.16. The van der Waals surface area contributed by atoms with E-state index >= 15 is 0 Å². The van der Waals surface area contributed by atoms with Crippen molar-refractivity contribution in [2.45, 2.75) is 19.3 Å². The second-order valence-corrected chi connectivity index (χ2v) is 11.9. The summed E-state index contributed by atoms with van der Waals surface area (Å²) in [4.78, 5) is 29.9. The van der Waals surface area contributed by atoms with Gasteiger partial charge in [-0.25, -0.2) is 8.78 Å². The van der Waals surface area contributed by atoms with Gasteiger partial charge in [0.1, 0.15) is 0 Å². The fraction of sp³-hybridized carbons (Fsp3) is 0.0857. The van der Waals surface area contributed by atoms with E-state index in [-0.39, 0.29) is 22.1 Å². The van der Waals surface area contributed by atoms with Gasteiger partial charge in [-0.3, -0.25) is 9.59 Å². The van der Waals surface area contributed by atoms with Gasteiger partial charge in [-0.1, -0.05) is 56.3 Å². The molecule has 0 atom stereocenters. The number of thiophene rings is 1. The van der Waals surface area contributed by atoms with E-state index in [4.69, 9.17) is 0 Å². The number of ketones is 2. The van der Waals surface area contributed by atoms with Crippen molar-refractivity contribution in [3.8, 4) is 10.4 Å². The normalized spacial score (nSPS) is 14.6. The highest BCUT2D eigenvalue weighted by atomic mass is 32.1. The fourth-order valence-electron chi connectivity index (χ4n) is 5.87. The number of fused-ring (bicyclic) bond motifs is 4. The summed E-state index contributed by atoms with van der Waals surface area (Å²) in [5.41, 5.74) is 6.00. The maximum atomic E-state index is 13.8. The zero-order valence-electron chi connectivity index (χ0n) is 22.2. The second-order valence-electron chi connectivity index (χ2n) is 10.8. The summed E-state index contributed by atoms with van der Waals surface area (Å²) < 4.78 is 27.6. The molecule has 200 valence electrons. The van der Waals surface area contributed by atoms with Crippen LogP contribution in [-0.4, -0.2) is 11.6 Å². The molecule has 2 aliphatic carbocycles. The summed E-state index contributed by atoms with van der Waals surface area (Å²) in [6.45, 7) is 4.35. The maximum Gasteiger partial charge on any atom is 0.197 e. The van der Waals surface area contributed by atoms with E-state index in [1.165, 1.54) is 16.9 Å². The van der Waals surface area contributed by atoms with Crippen molar-refractivity contribution in [3.63, 3.8) is 0 Å². The molecule has 0 fully saturated rings. The lowest BCUT2D eigenvalue weighted by molar-refractivity contribution is 0.0990. The number of anilines is 3. The van der Waals surface area contributed by atoms with Crippen LogP contribution in [0.2, 0.25) is 0 Å². The first-order valence-electron chi connectivity index (χ1n) is 13.2. The molecule has 2 aliphatic rings. The van der Waals surface area contributed by atoms with E-state index in [9.17, 15) is 18.4 Å². The highest BCUT2D eigenvalue weighted by Gasteiger charge is 2.39. The molecule has 0 spiro atoms. The van der Waals surface area contributed by atoms with Crippen LogP contribution < -0.4 is 4.90 Å². The number of Topliss-reactive ketones (excluding diaryl/α,β-unsaturated/α-hetero) is 2. The SMILES string of the molecule is CC1(C)c2cc(N(c3ccccc3)c3ccccc3)ccc2-c2sc(C=C3C(=O)c4cc(F)c(F)cc4C3=O)cc21. The third kappa shape index (κ3) is 3.90. The monoisotopic (exact) mass is 559 g/mol. The molecule has 0 unspecified atom stereocenters. The van der Waals surface area contributed by atoms with Crippen molar-refractivity contribution >= 4 is 46.0 Å². The van der Waals surface area contributed by atoms with Crippen LogP contribution in [0.4, 0.5) is 25.8 Å². The molecule has 4 aromatic carbocycles. The Hall–Kier alpha value is -4.68. The third-order valence-corrected chi connectivity index (χ3v) is 9.07. The minimum absolute atomic E-state index is 0.0698. The highest BCUT2D eigenvalue weighted by Crippen LogP contribution is 2.54. The Morgan fingerprint density at radius 3 is 1.78 bits per heavy atom. The summed E-state index contributed by atoms with van der Waals surface area (Å²) in [5, 5.41) is 0. The molecule has 6 heteroatoms. The van der Waals surface area contributed by atoms with Crippen molar-refractivity contribution < 1.29 is 18.4 Å². The Bertz CT molecular complexity index is 1840. The average molecular weight is 560 g/mol. The molecular weight excluding hydrogens is 536 g/mol. The molecule has 1 heterocycles. The first kappa shape index (κ1) is 25.3. The largest absolute Gasteiger partial charge is 0.310 e. The predicted octanol–water partition coefficient (Wildman–Crippen LogP) is 9.26. The lowest BCUT2D eigenvalue weighted by atomic mass is 9.82. The quantitative estimate of drug-likeness (QED) is 0.163. The fourth-order valence-corrected chi connectivity index (χ4v) is 7.17. The summed E-state index contributed by atoms with van der Waals surface area (Å²) in [7, 11) is 0. The number of allylic oxidation sites excluding steroid dienone is 1. The van der Waals surface area contributed by atoms with Crippen LogP contribution in [0.1, 0.15) is 50.6 Å². The molecule has 0 saturated heterocycles. The number of halogens is 2. The van der Waals surface area contributed by atoms with E-state index in [2.05, 4.69) is 61.2 Å². The van der Waals surface area contributed by atoms with Crippen molar-refractivity contribution in [1.29, 1.82) is 0 Å². The molecule has 7 rings (SSSR count). The van der Waals surface area contributed by atoms with Gasteiger partial charge in [0.25, 0.3) is 0 Å². The maximum absolute atomic E-state index is 13.8. The lowest BCUT2D eigenvalue weighted by Gasteiger charge is -2.28. The van der Waals surface area contributed by atoms with Gasteiger partial charge in [-0.05, 0) is 77.4 Å². The first-order chi connectivity index (χ1) is 19.7. The number of carbonyl (C=O) groups is 2. The standard InChI is InChI=1S/C35H23F2NO2S/c1-35(2)28-15-22(38(20-9-5-3-6-10-20)21-11-7-4-8-12-21)13-14-24(28)34-29(35)17-23(41-34)16-27-32(39)25-18-30(36)31(37)19-26(25)33(27)40/h3-19H,1-2H3. The number of benzene rings is 4. The summed E-state index contributed by atoms with van der Waals surface area (Å²) in [6, 6.07) is 30.6. The van der Waals surface area contributed by atoms with Crippen LogP contribution in [-0.2, 0) is 5.41 Å². The molecule has 0 saturated carbocycles. The minimum Gasteiger partial charge on any atom is -0.310 e. The van der Waals surface area contributed by atoms with Crippen molar-refractivity contribution in [2.75, 3.05) is 4.90 Å². The average Bonchev–Trinajstić information content (AvgIpc) is 3.57. The molecule has 0 aliphatic heterocycles. The van der Waals surface area contributed by atoms with Gasteiger partial charge in [0.2, 0.25) is 0 Å². The Morgan fingerprint density at radius 1 is 0.659 bits per heavy atom. The van der Waals surface area contributed by atoms with Crippen molar-refractivity contribution in [2.24, 2.45) is 0 Å². The number of hydrogen-bond donors (Lipinski definition) is 0. The van der Waals surface area contributed by atoms with Crippen LogP contribution in [0.3, 0.4) is 0 Å². The lowest BCUT2D eigenvalue weighted by Crippen LogP contribution is -2.16. The van der Waals surface area contributed by atoms with Gasteiger partial charge in [0.05, 0.1) is 5.57 Å². The molecule has 0 amide bonds. The number of hydrogen-bond acceptors (Lipinski definition) is 4. The van der Waals surface area contributed by atoms with E-state index in [1.807, 2.05) is 42.5 Å². The van der Waals surface area contributed by atoms with Crippen LogP contribution >= 0.6 is 11.3 Å². The molecular formula is C35H23F2NO2S. The molecule has 0 bridgehead atoms. The van der Waals surface area contributed by atoms with E-state index in [1.54, 1.807) is 6.08 Å². The van der Waals surface area contributed by atoms with Gasteiger partial charge < -0.3 is 4.90 Å². The van der Waals surface area contributed by atoms with Crippen LogP contribution in [0.5, 0.6) is 0 Å². The summed E-state index contributed by atoms with van der Waals surface area (Å²) in [5.74, 6) is -3.44. The van der Waals surface area contributed by atoms with E-state index in [0.717, 1.165) is 50.1 Å². The van der Waals surface area contributed by atoms with Gasteiger partial charge in [-0.15, -0.1) is 11.3 Å². The molecule has 1 aromatic heterocycles. The smallest absolute Gasteiger partial charge is 0.197 e. The van der Waals surface area contributed by atoms with Gasteiger partial charge in [-0.2, -0.15) is 0 Å².